The molecular weight excluding hydrogens is 496 g/mol. The molecule has 0 aliphatic carbocycles. The van der Waals surface area contributed by atoms with Gasteiger partial charge in [-0.15, -0.1) is 15.3 Å². The average molecular weight is 516 g/mol. The number of amides is 2. The van der Waals surface area contributed by atoms with Gasteiger partial charge in [-0.25, -0.2) is 9.48 Å². The Morgan fingerprint density at radius 2 is 1.92 bits per heavy atom. The fraction of sp³-hybridized carbons (Fsp3) is 0.261. The van der Waals surface area contributed by atoms with Crippen molar-refractivity contribution in [1.29, 1.82) is 0 Å². The Kier molecular flexibility index (Phi) is 6.87. The van der Waals surface area contributed by atoms with Gasteiger partial charge in [0.25, 0.3) is 5.89 Å². The summed E-state index contributed by atoms with van der Waals surface area (Å²) in [4.78, 5) is 14.2. The molecule has 1 N–H and O–H groups in total. The van der Waals surface area contributed by atoms with Gasteiger partial charge < -0.3 is 19.4 Å². The number of carbonyl (C=O) groups is 1. The Morgan fingerprint density at radius 3 is 2.67 bits per heavy atom. The molecule has 1 fully saturated rings. The third kappa shape index (κ3) is 5.34. The maximum absolute atomic E-state index is 12.7. The summed E-state index contributed by atoms with van der Waals surface area (Å²) in [5, 5.41) is 18.6. The fourth-order valence-electron chi connectivity index (χ4n) is 3.66. The zero-order valence-corrected chi connectivity index (χ0v) is 19.5. The van der Waals surface area contributed by atoms with E-state index >= 15 is 0 Å². The van der Waals surface area contributed by atoms with Gasteiger partial charge in [-0.05, 0) is 29.8 Å². The van der Waals surface area contributed by atoms with Crippen molar-refractivity contribution in [3.63, 3.8) is 0 Å². The Labute approximate surface area is 208 Å². The summed E-state index contributed by atoms with van der Waals surface area (Å²) in [7, 11) is 0. The number of hydrogen-bond acceptors (Lipinski definition) is 7. The minimum absolute atomic E-state index is 0.0395. The number of carbonyl (C=O) groups excluding carboxylic acids is 1. The van der Waals surface area contributed by atoms with Crippen LogP contribution in [0.25, 0.3) is 22.7 Å². The molecule has 5 rings (SSSR count). The first-order chi connectivity index (χ1) is 17.5. The highest BCUT2D eigenvalue weighted by atomic mass is 35.5. The van der Waals surface area contributed by atoms with Gasteiger partial charge in [-0.2, -0.15) is 8.78 Å². The van der Waals surface area contributed by atoms with Crippen molar-refractivity contribution in [2.75, 3.05) is 31.6 Å². The maximum atomic E-state index is 12.7. The van der Waals surface area contributed by atoms with E-state index in [1.807, 2.05) is 18.2 Å². The van der Waals surface area contributed by atoms with E-state index in [0.717, 1.165) is 11.1 Å². The largest absolute Gasteiger partial charge is 0.415 e. The normalized spacial score (nSPS) is 13.8. The number of anilines is 1. The number of alkyl halides is 2. The molecule has 186 valence electrons. The van der Waals surface area contributed by atoms with E-state index in [-0.39, 0.29) is 11.9 Å². The maximum Gasteiger partial charge on any atom is 0.321 e. The Balaban J connectivity index is 1.27. The molecule has 36 heavy (non-hydrogen) atoms. The van der Waals surface area contributed by atoms with Crippen LogP contribution < -0.4 is 5.32 Å². The predicted molar refractivity (Wildman–Crippen MR) is 126 cm³/mol. The first-order valence-corrected chi connectivity index (χ1v) is 11.4. The summed E-state index contributed by atoms with van der Waals surface area (Å²) in [6, 6.07) is 12.1. The van der Waals surface area contributed by atoms with Crippen molar-refractivity contribution in [1.82, 2.24) is 30.1 Å². The molecule has 10 nitrogen and oxygen atoms in total. The number of urea groups is 1. The molecule has 0 spiro atoms. The van der Waals surface area contributed by atoms with E-state index in [1.165, 1.54) is 0 Å². The first kappa shape index (κ1) is 23.8. The number of nitrogens with one attached hydrogen (secondary N) is 1. The molecular formula is C23H20ClF2N7O3. The monoisotopic (exact) mass is 515 g/mol. The molecule has 2 aromatic carbocycles. The van der Waals surface area contributed by atoms with Gasteiger partial charge >= 0.3 is 12.5 Å². The van der Waals surface area contributed by atoms with E-state index in [4.69, 9.17) is 20.8 Å². The van der Waals surface area contributed by atoms with Crippen molar-refractivity contribution in [2.24, 2.45) is 0 Å². The highest BCUT2D eigenvalue weighted by molar-refractivity contribution is 6.31. The lowest BCUT2D eigenvalue weighted by Crippen LogP contribution is -2.43. The van der Waals surface area contributed by atoms with E-state index in [2.05, 4.69) is 25.8 Å². The fourth-order valence-corrected chi connectivity index (χ4v) is 3.90. The summed E-state index contributed by atoms with van der Waals surface area (Å²) < 4.78 is 37.3. The molecule has 0 atom stereocenters. The van der Waals surface area contributed by atoms with Crippen molar-refractivity contribution in [3.8, 4) is 22.7 Å². The molecule has 3 heterocycles. The van der Waals surface area contributed by atoms with Crippen molar-refractivity contribution >= 4 is 23.3 Å². The number of benzene rings is 2. The van der Waals surface area contributed by atoms with E-state index in [1.54, 1.807) is 40.0 Å². The summed E-state index contributed by atoms with van der Waals surface area (Å²) in [6.45, 7) is 2.48. The minimum Gasteiger partial charge on any atom is -0.415 e. The third-order valence-corrected chi connectivity index (χ3v) is 5.86. The van der Waals surface area contributed by atoms with Gasteiger partial charge in [0.05, 0.1) is 26.0 Å². The lowest BCUT2D eigenvalue weighted by atomic mass is 10.1. The first-order valence-electron chi connectivity index (χ1n) is 11.0. The summed E-state index contributed by atoms with van der Waals surface area (Å²) in [5.74, 6) is -0.785. The van der Waals surface area contributed by atoms with E-state index in [0.29, 0.717) is 54.8 Å². The number of ether oxygens (including phenoxy) is 1. The summed E-state index contributed by atoms with van der Waals surface area (Å²) >= 11 is 6.40. The second-order valence-corrected chi connectivity index (χ2v) is 8.37. The summed E-state index contributed by atoms with van der Waals surface area (Å²) in [6.07, 6.45) is -1.08. The Hall–Kier alpha value is -3.90. The number of halogens is 3. The molecule has 1 aliphatic rings. The van der Waals surface area contributed by atoms with Crippen LogP contribution >= 0.6 is 11.6 Å². The molecule has 2 aromatic heterocycles. The van der Waals surface area contributed by atoms with Gasteiger partial charge in [0.2, 0.25) is 5.89 Å². The average Bonchev–Trinajstić information content (AvgIpc) is 3.57. The van der Waals surface area contributed by atoms with Crippen molar-refractivity contribution in [2.45, 2.75) is 13.0 Å². The summed E-state index contributed by atoms with van der Waals surface area (Å²) in [5.41, 5.74) is 3.22. The van der Waals surface area contributed by atoms with Crippen LogP contribution in [0.5, 0.6) is 0 Å². The Morgan fingerprint density at radius 1 is 1.08 bits per heavy atom. The lowest BCUT2D eigenvalue weighted by Gasteiger charge is -2.26. The van der Waals surface area contributed by atoms with Crippen LogP contribution in [-0.2, 0) is 11.3 Å². The van der Waals surface area contributed by atoms with Crippen LogP contribution in [0.1, 0.15) is 17.9 Å². The van der Waals surface area contributed by atoms with Gasteiger partial charge in [-0.1, -0.05) is 35.0 Å². The highest BCUT2D eigenvalue weighted by Gasteiger charge is 2.19. The molecule has 1 aliphatic heterocycles. The third-order valence-electron chi connectivity index (χ3n) is 5.51. The smallest absolute Gasteiger partial charge is 0.321 e. The molecule has 4 aromatic rings. The molecule has 1 saturated heterocycles. The van der Waals surface area contributed by atoms with Gasteiger partial charge in [0.1, 0.15) is 5.69 Å². The van der Waals surface area contributed by atoms with Crippen LogP contribution in [0.4, 0.5) is 19.3 Å². The zero-order valence-electron chi connectivity index (χ0n) is 18.8. The number of aromatic nitrogens is 5. The second-order valence-electron chi connectivity index (χ2n) is 7.96. The van der Waals surface area contributed by atoms with Gasteiger partial charge in [0, 0.05) is 34.9 Å². The number of rotatable bonds is 6. The van der Waals surface area contributed by atoms with E-state index in [9.17, 15) is 13.6 Å². The molecule has 0 unspecified atom stereocenters. The topological polar surface area (TPSA) is 111 Å². The zero-order chi connectivity index (χ0) is 25.1. The lowest BCUT2D eigenvalue weighted by molar-refractivity contribution is 0.0564. The Bertz CT molecular complexity index is 1370. The van der Waals surface area contributed by atoms with Crippen LogP contribution in [0.15, 0.2) is 53.1 Å². The molecule has 0 radical (unpaired) electrons. The van der Waals surface area contributed by atoms with Crippen LogP contribution in [-0.4, -0.2) is 62.4 Å². The molecule has 2 amide bonds. The number of nitrogens with zero attached hydrogens (tertiary/aromatic N) is 6. The molecule has 0 saturated carbocycles. The molecule has 0 bridgehead atoms. The predicted octanol–water partition coefficient (Wildman–Crippen LogP) is 4.50. The highest BCUT2D eigenvalue weighted by Crippen LogP contribution is 2.28. The van der Waals surface area contributed by atoms with Crippen molar-refractivity contribution in [3.05, 3.63) is 65.1 Å². The molecule has 13 heteroatoms. The SMILES string of the molecule is O=C(Nc1cccc(-c2cn(Cc3ccc(-c4nnc(C(F)F)o4)cc3Cl)nn2)c1)N1CCOCC1. The number of hydrogen-bond donors (Lipinski definition) is 1. The second kappa shape index (κ2) is 10.4. The van der Waals surface area contributed by atoms with Gasteiger partial charge in [0.15, 0.2) is 0 Å². The number of morpholine rings is 1. The van der Waals surface area contributed by atoms with E-state index < -0.39 is 12.3 Å². The van der Waals surface area contributed by atoms with Crippen LogP contribution in [0, 0.1) is 0 Å². The standard InChI is InChI=1S/C23H20ClF2N7O3/c24-18-11-15(21-29-30-22(36-21)20(25)26)4-5-16(18)12-33-13-19(28-31-33)14-2-1-3-17(10-14)27-23(34)32-6-8-35-9-7-32/h1-5,10-11,13,20H,6-9,12H2,(H,27,34). The van der Waals surface area contributed by atoms with Crippen LogP contribution in [0.2, 0.25) is 5.02 Å². The van der Waals surface area contributed by atoms with Crippen LogP contribution in [0.3, 0.4) is 0 Å². The quantitative estimate of drug-likeness (QED) is 0.402. The van der Waals surface area contributed by atoms with Gasteiger partial charge in [-0.3, -0.25) is 0 Å². The minimum atomic E-state index is -2.84. The van der Waals surface area contributed by atoms with Crippen molar-refractivity contribution < 1.29 is 22.7 Å².